The molecule has 64 heavy (non-hydrogen) atoms. The zero-order chi connectivity index (χ0) is 42.6. The quantitative estimate of drug-likeness (QED) is 0.177. The van der Waals surface area contributed by atoms with Gasteiger partial charge in [0.1, 0.15) is 23.3 Å². The Morgan fingerprint density at radius 3 is 1.19 bits per heavy atom. The SMILES string of the molecule is N#Cc1ccc(-c2c(-n3c4ccccc4c4ccccc43)c(C#N)c(-n3c4ccccc4c4cc5sc6ccccc6c5cc43)c(C#N)c2-n2c3ccccc3c3ccccc32)cc1. The summed E-state index contributed by atoms with van der Waals surface area (Å²) in [5.41, 5.74) is 9.95. The molecular weight excluding hydrogens is 801 g/mol. The van der Waals surface area contributed by atoms with Crippen molar-refractivity contribution in [1.82, 2.24) is 13.7 Å². The van der Waals surface area contributed by atoms with Crippen LogP contribution in [0, 0.1) is 34.0 Å². The van der Waals surface area contributed by atoms with Crippen molar-refractivity contribution in [3.63, 3.8) is 0 Å². The average molecular weight is 831 g/mol. The van der Waals surface area contributed by atoms with Crippen molar-refractivity contribution in [2.24, 2.45) is 0 Å². The molecule has 0 aliphatic carbocycles. The van der Waals surface area contributed by atoms with Gasteiger partial charge in [-0.3, -0.25) is 0 Å². The van der Waals surface area contributed by atoms with Crippen molar-refractivity contribution in [1.29, 1.82) is 15.8 Å². The monoisotopic (exact) mass is 830 g/mol. The normalized spacial score (nSPS) is 11.7. The molecule has 0 amide bonds. The van der Waals surface area contributed by atoms with Crippen LogP contribution in [-0.2, 0) is 0 Å². The highest BCUT2D eigenvalue weighted by Gasteiger charge is 2.33. The van der Waals surface area contributed by atoms with Gasteiger partial charge in [-0.25, -0.2) is 0 Å². The molecule has 0 saturated carbocycles. The maximum absolute atomic E-state index is 12.1. The molecule has 0 unspecified atom stereocenters. The lowest BCUT2D eigenvalue weighted by Crippen LogP contribution is -2.14. The van der Waals surface area contributed by atoms with Gasteiger partial charge in [0.25, 0.3) is 0 Å². The topological polar surface area (TPSA) is 86.2 Å². The van der Waals surface area contributed by atoms with E-state index in [0.29, 0.717) is 39.3 Å². The molecule has 0 fully saturated rings. The fourth-order valence-electron chi connectivity index (χ4n) is 10.3. The molecule has 0 aliphatic rings. The zero-order valence-electron chi connectivity index (χ0n) is 33.9. The van der Waals surface area contributed by atoms with Gasteiger partial charge in [-0.15, -0.1) is 11.3 Å². The molecule has 294 valence electrons. The third-order valence-electron chi connectivity index (χ3n) is 12.9. The van der Waals surface area contributed by atoms with Crippen molar-refractivity contribution in [3.8, 4) is 46.4 Å². The van der Waals surface area contributed by atoms with E-state index < -0.39 is 0 Å². The minimum absolute atomic E-state index is 0.352. The second-order valence-corrected chi connectivity index (χ2v) is 17.2. The minimum atomic E-state index is 0.352. The van der Waals surface area contributed by atoms with Gasteiger partial charge in [0.15, 0.2) is 0 Å². The van der Waals surface area contributed by atoms with Crippen LogP contribution >= 0.6 is 11.3 Å². The molecule has 0 saturated heterocycles. The second kappa shape index (κ2) is 13.5. The van der Waals surface area contributed by atoms with Crippen molar-refractivity contribution >= 4 is 96.9 Å². The standard InChI is InChI=1S/C57H30N6S/c58-31-34-25-27-35(28-26-34)54-56(61-46-19-7-1-13-36(46)37-14-2-8-20-47(37)61)44(32-59)55(45(33-60)57(54)62-48-21-9-3-15-38(48)39-16-4-10-22-49(39)62)63-50-23-11-5-17-40(50)42-30-53-43(29-51(42)63)41-18-6-12-24-52(41)64-53/h1-30H. The number of para-hydroxylation sites is 5. The predicted molar refractivity (Wildman–Crippen MR) is 262 cm³/mol. The van der Waals surface area contributed by atoms with Crippen LogP contribution in [0.2, 0.25) is 0 Å². The molecule has 4 aromatic heterocycles. The number of thiophene rings is 1. The van der Waals surface area contributed by atoms with Crippen LogP contribution in [0.25, 0.3) is 114 Å². The molecule has 0 N–H and O–H groups in total. The average Bonchev–Trinajstić information content (AvgIpc) is 4.08. The van der Waals surface area contributed by atoms with Crippen LogP contribution in [0.5, 0.6) is 0 Å². The van der Waals surface area contributed by atoms with Gasteiger partial charge in [-0.1, -0.05) is 121 Å². The summed E-state index contributed by atoms with van der Waals surface area (Å²) < 4.78 is 8.98. The van der Waals surface area contributed by atoms with E-state index in [4.69, 9.17) is 0 Å². The van der Waals surface area contributed by atoms with Gasteiger partial charge in [-0.05, 0) is 66.2 Å². The lowest BCUT2D eigenvalue weighted by atomic mass is 9.91. The first-order valence-corrected chi connectivity index (χ1v) is 21.8. The van der Waals surface area contributed by atoms with Crippen LogP contribution in [0.15, 0.2) is 182 Å². The number of nitriles is 3. The van der Waals surface area contributed by atoms with Crippen molar-refractivity contribution < 1.29 is 0 Å². The van der Waals surface area contributed by atoms with Crippen LogP contribution < -0.4 is 0 Å². The highest BCUT2D eigenvalue weighted by atomic mass is 32.1. The summed E-state index contributed by atoms with van der Waals surface area (Å²) in [5.74, 6) is 0. The molecule has 13 aromatic rings. The Morgan fingerprint density at radius 1 is 0.328 bits per heavy atom. The maximum atomic E-state index is 12.1. The summed E-state index contributed by atoms with van der Waals surface area (Å²) in [7, 11) is 0. The molecule has 0 spiro atoms. The summed E-state index contributed by atoms with van der Waals surface area (Å²) >= 11 is 1.77. The van der Waals surface area contributed by atoms with E-state index in [0.717, 1.165) is 81.8 Å². The van der Waals surface area contributed by atoms with Crippen molar-refractivity contribution in [2.45, 2.75) is 0 Å². The predicted octanol–water partition coefficient (Wildman–Crippen LogP) is 14.6. The molecule has 6 nitrogen and oxygen atoms in total. The Balaban J connectivity index is 1.34. The molecule has 9 aromatic carbocycles. The first-order valence-electron chi connectivity index (χ1n) is 21.0. The van der Waals surface area contributed by atoms with E-state index in [2.05, 4.69) is 135 Å². The minimum Gasteiger partial charge on any atom is -0.307 e. The van der Waals surface area contributed by atoms with E-state index in [9.17, 15) is 15.8 Å². The number of hydrogen-bond acceptors (Lipinski definition) is 4. The lowest BCUT2D eigenvalue weighted by molar-refractivity contribution is 1.08. The Bertz CT molecular complexity index is 4030. The van der Waals surface area contributed by atoms with E-state index in [-0.39, 0.29) is 0 Å². The molecule has 4 heterocycles. The van der Waals surface area contributed by atoms with Crippen LogP contribution in [0.3, 0.4) is 0 Å². The van der Waals surface area contributed by atoms with E-state index >= 15 is 0 Å². The zero-order valence-corrected chi connectivity index (χ0v) is 34.7. The third-order valence-corrected chi connectivity index (χ3v) is 14.1. The molecule has 0 aliphatic heterocycles. The number of nitrogens with zero attached hydrogens (tertiary/aromatic N) is 6. The second-order valence-electron chi connectivity index (χ2n) is 16.1. The highest BCUT2D eigenvalue weighted by molar-refractivity contribution is 7.25. The van der Waals surface area contributed by atoms with Gasteiger partial charge in [-0.2, -0.15) is 15.8 Å². The highest BCUT2D eigenvalue weighted by Crippen LogP contribution is 2.49. The van der Waals surface area contributed by atoms with Crippen molar-refractivity contribution in [3.05, 3.63) is 199 Å². The van der Waals surface area contributed by atoms with Gasteiger partial charge in [0.05, 0.1) is 61.8 Å². The summed E-state index contributed by atoms with van der Waals surface area (Å²) in [6.07, 6.45) is 0. The number of hydrogen-bond donors (Lipinski definition) is 0. The molecule has 0 atom stereocenters. The first-order chi connectivity index (χ1) is 31.7. The summed E-state index contributed by atoms with van der Waals surface area (Å²) in [6, 6.07) is 70.0. The van der Waals surface area contributed by atoms with Gasteiger partial charge < -0.3 is 13.7 Å². The van der Waals surface area contributed by atoms with Gasteiger partial charge >= 0.3 is 0 Å². The Labute approximate surface area is 369 Å². The summed E-state index contributed by atoms with van der Waals surface area (Å²) in [4.78, 5) is 0. The Kier molecular flexibility index (Phi) is 7.57. The fourth-order valence-corrected chi connectivity index (χ4v) is 11.5. The van der Waals surface area contributed by atoms with E-state index in [1.807, 2.05) is 78.9 Å². The van der Waals surface area contributed by atoms with Gasteiger partial charge in [0.2, 0.25) is 0 Å². The molecule has 7 heteroatoms. The van der Waals surface area contributed by atoms with Crippen molar-refractivity contribution in [2.75, 3.05) is 0 Å². The number of aromatic nitrogens is 3. The number of rotatable bonds is 4. The van der Waals surface area contributed by atoms with Crippen LogP contribution in [0.4, 0.5) is 0 Å². The molecule has 13 rings (SSSR count). The van der Waals surface area contributed by atoms with Gasteiger partial charge in [0, 0.05) is 58.1 Å². The molecule has 0 bridgehead atoms. The Morgan fingerprint density at radius 2 is 0.734 bits per heavy atom. The Hall–Kier alpha value is -8.93. The summed E-state index contributed by atoms with van der Waals surface area (Å²) in [6.45, 7) is 0. The number of benzene rings is 9. The molecule has 0 radical (unpaired) electrons. The third kappa shape index (κ3) is 4.80. The van der Waals surface area contributed by atoms with E-state index in [1.165, 1.54) is 9.40 Å². The summed E-state index contributed by atoms with van der Waals surface area (Å²) in [5, 5.41) is 42.7. The first kappa shape index (κ1) is 35.8. The maximum Gasteiger partial charge on any atom is 0.104 e. The lowest BCUT2D eigenvalue weighted by Gasteiger charge is -2.26. The smallest absolute Gasteiger partial charge is 0.104 e. The van der Waals surface area contributed by atoms with E-state index in [1.54, 1.807) is 11.3 Å². The fraction of sp³-hybridized carbons (Fsp3) is 0. The molecular formula is C57H30N6S. The largest absolute Gasteiger partial charge is 0.307 e. The number of fused-ring (bicyclic) bond motifs is 12. The van der Waals surface area contributed by atoms with Crippen LogP contribution in [-0.4, -0.2) is 13.7 Å². The van der Waals surface area contributed by atoms with Crippen LogP contribution in [0.1, 0.15) is 16.7 Å².